The van der Waals surface area contributed by atoms with Gasteiger partial charge in [-0.25, -0.2) is 4.98 Å². The Kier molecular flexibility index (Phi) is 4.72. The highest BCUT2D eigenvalue weighted by Gasteiger charge is 2.17. The molecule has 0 atom stereocenters. The second-order valence-corrected chi connectivity index (χ2v) is 5.88. The highest BCUT2D eigenvalue weighted by Crippen LogP contribution is 2.29. The zero-order valence-corrected chi connectivity index (χ0v) is 14.4. The SMILES string of the molecule is O=C(Nc1ccccc1OC(F)F)c1cc(-c2ccco2)nc2ccccc12. The number of ether oxygens (including phenoxy) is 1. The van der Waals surface area contributed by atoms with Crippen molar-refractivity contribution in [1.29, 1.82) is 0 Å². The average Bonchev–Trinajstić information content (AvgIpc) is 3.23. The van der Waals surface area contributed by atoms with Gasteiger partial charge in [0.1, 0.15) is 11.4 Å². The van der Waals surface area contributed by atoms with Gasteiger partial charge in [0.2, 0.25) is 0 Å². The molecule has 28 heavy (non-hydrogen) atoms. The van der Waals surface area contributed by atoms with Crippen molar-refractivity contribution in [3.8, 4) is 17.2 Å². The van der Waals surface area contributed by atoms with Gasteiger partial charge in [-0.15, -0.1) is 0 Å². The third kappa shape index (κ3) is 3.55. The molecule has 140 valence electrons. The minimum absolute atomic E-state index is 0.115. The number of halogens is 2. The minimum Gasteiger partial charge on any atom is -0.463 e. The summed E-state index contributed by atoms with van der Waals surface area (Å²) in [7, 11) is 0. The number of furan rings is 1. The van der Waals surface area contributed by atoms with Crippen molar-refractivity contribution in [2.24, 2.45) is 0 Å². The quantitative estimate of drug-likeness (QED) is 0.507. The molecule has 7 heteroatoms. The van der Waals surface area contributed by atoms with Crippen molar-refractivity contribution in [2.45, 2.75) is 6.61 Å². The molecule has 0 saturated carbocycles. The van der Waals surface area contributed by atoms with Crippen LogP contribution >= 0.6 is 0 Å². The van der Waals surface area contributed by atoms with E-state index >= 15 is 0 Å². The van der Waals surface area contributed by atoms with Crippen LogP contribution in [-0.4, -0.2) is 17.5 Å². The van der Waals surface area contributed by atoms with E-state index in [0.29, 0.717) is 27.9 Å². The molecule has 2 aromatic heterocycles. The molecule has 1 amide bonds. The lowest BCUT2D eigenvalue weighted by Gasteiger charge is -2.13. The summed E-state index contributed by atoms with van der Waals surface area (Å²) in [5, 5.41) is 3.27. The van der Waals surface area contributed by atoms with Crippen LogP contribution in [0, 0.1) is 0 Å². The number of alkyl halides is 2. The maximum Gasteiger partial charge on any atom is 0.387 e. The molecule has 4 rings (SSSR count). The minimum atomic E-state index is -3.00. The van der Waals surface area contributed by atoms with Crippen LogP contribution in [0.25, 0.3) is 22.4 Å². The molecule has 0 aliphatic carbocycles. The van der Waals surface area contributed by atoms with Crippen LogP contribution in [0.1, 0.15) is 10.4 Å². The number of hydrogen-bond acceptors (Lipinski definition) is 4. The van der Waals surface area contributed by atoms with E-state index in [1.54, 1.807) is 48.5 Å². The topological polar surface area (TPSA) is 64.4 Å². The summed E-state index contributed by atoms with van der Waals surface area (Å²) in [5.74, 6) is -0.0755. The van der Waals surface area contributed by atoms with Crippen molar-refractivity contribution < 1.29 is 22.7 Å². The normalized spacial score (nSPS) is 11.0. The van der Waals surface area contributed by atoms with E-state index in [1.807, 2.05) is 6.07 Å². The first-order valence-corrected chi connectivity index (χ1v) is 8.40. The van der Waals surface area contributed by atoms with Gasteiger partial charge in [0, 0.05) is 5.39 Å². The number of nitrogens with one attached hydrogen (secondary N) is 1. The van der Waals surface area contributed by atoms with Gasteiger partial charge >= 0.3 is 6.61 Å². The first-order chi connectivity index (χ1) is 13.6. The summed E-state index contributed by atoms with van der Waals surface area (Å²) in [5.41, 5.74) is 1.58. The lowest BCUT2D eigenvalue weighted by Crippen LogP contribution is -2.14. The molecule has 0 fully saturated rings. The second kappa shape index (κ2) is 7.48. The summed E-state index contributed by atoms with van der Waals surface area (Å²) >= 11 is 0. The lowest BCUT2D eigenvalue weighted by atomic mass is 10.1. The number of aromatic nitrogens is 1. The van der Waals surface area contributed by atoms with Crippen LogP contribution in [0.3, 0.4) is 0 Å². The van der Waals surface area contributed by atoms with E-state index < -0.39 is 12.5 Å². The smallest absolute Gasteiger partial charge is 0.387 e. The number of pyridine rings is 1. The van der Waals surface area contributed by atoms with Gasteiger partial charge in [0.25, 0.3) is 5.91 Å². The first-order valence-electron chi connectivity index (χ1n) is 8.40. The van der Waals surface area contributed by atoms with Gasteiger partial charge in [0.15, 0.2) is 5.76 Å². The highest BCUT2D eigenvalue weighted by molar-refractivity contribution is 6.13. The summed E-state index contributed by atoms with van der Waals surface area (Å²) in [4.78, 5) is 17.5. The van der Waals surface area contributed by atoms with E-state index in [2.05, 4.69) is 15.0 Å². The average molecular weight is 380 g/mol. The Balaban J connectivity index is 1.76. The molecule has 0 radical (unpaired) electrons. The fourth-order valence-electron chi connectivity index (χ4n) is 2.87. The van der Waals surface area contributed by atoms with Crippen LogP contribution < -0.4 is 10.1 Å². The van der Waals surface area contributed by atoms with E-state index in [-0.39, 0.29) is 11.4 Å². The number of carbonyl (C=O) groups excluding carboxylic acids is 1. The lowest BCUT2D eigenvalue weighted by molar-refractivity contribution is -0.0493. The number of amides is 1. The van der Waals surface area contributed by atoms with Gasteiger partial charge in [-0.05, 0) is 36.4 Å². The number of nitrogens with zero attached hydrogens (tertiary/aromatic N) is 1. The fourth-order valence-corrected chi connectivity index (χ4v) is 2.87. The molecule has 4 aromatic rings. The second-order valence-electron chi connectivity index (χ2n) is 5.88. The Morgan fingerprint density at radius 2 is 1.82 bits per heavy atom. The summed E-state index contributed by atoms with van der Waals surface area (Å²) in [6, 6.07) is 18.2. The molecule has 0 aliphatic heterocycles. The molecule has 5 nitrogen and oxygen atoms in total. The molecule has 0 spiro atoms. The fraction of sp³-hybridized carbons (Fsp3) is 0.0476. The maximum absolute atomic E-state index is 13.0. The van der Waals surface area contributed by atoms with E-state index in [1.165, 1.54) is 18.4 Å². The number of rotatable bonds is 5. The summed E-state index contributed by atoms with van der Waals surface area (Å²) in [6.07, 6.45) is 1.52. The van der Waals surface area contributed by atoms with Crippen LogP contribution in [-0.2, 0) is 0 Å². The monoisotopic (exact) mass is 380 g/mol. The first kappa shape index (κ1) is 17.7. The van der Waals surface area contributed by atoms with E-state index in [9.17, 15) is 13.6 Å². The van der Waals surface area contributed by atoms with Gasteiger partial charge in [0.05, 0.1) is 23.0 Å². The summed E-state index contributed by atoms with van der Waals surface area (Å²) in [6.45, 7) is -3.00. The number of anilines is 1. The number of fused-ring (bicyclic) bond motifs is 1. The standard InChI is InChI=1S/C21H14F2N2O3/c22-21(23)28-19-9-4-3-8-16(19)25-20(26)14-12-17(18-10-5-11-27-18)24-15-7-2-1-6-13(14)15/h1-12,21H,(H,25,26). The number of benzene rings is 2. The third-order valence-corrected chi connectivity index (χ3v) is 4.09. The highest BCUT2D eigenvalue weighted by atomic mass is 19.3. The Bertz CT molecular complexity index is 1130. The van der Waals surface area contributed by atoms with Gasteiger partial charge < -0.3 is 14.5 Å². The Labute approximate surface area is 158 Å². The molecule has 0 bridgehead atoms. The predicted molar refractivity (Wildman–Crippen MR) is 100 cm³/mol. The molecular formula is C21H14F2N2O3. The Morgan fingerprint density at radius 1 is 1.04 bits per heavy atom. The third-order valence-electron chi connectivity index (χ3n) is 4.09. The van der Waals surface area contributed by atoms with Crippen molar-refractivity contribution in [1.82, 2.24) is 4.98 Å². The van der Waals surface area contributed by atoms with Gasteiger partial charge in [-0.2, -0.15) is 8.78 Å². The molecule has 1 N–H and O–H groups in total. The molecule has 0 saturated heterocycles. The van der Waals surface area contributed by atoms with E-state index in [0.717, 1.165) is 0 Å². The van der Waals surface area contributed by atoms with Crippen molar-refractivity contribution in [3.05, 3.63) is 78.6 Å². The van der Waals surface area contributed by atoms with Crippen LogP contribution in [0.2, 0.25) is 0 Å². The molecule has 2 heterocycles. The van der Waals surface area contributed by atoms with Gasteiger partial charge in [-0.3, -0.25) is 4.79 Å². The van der Waals surface area contributed by atoms with Crippen molar-refractivity contribution in [2.75, 3.05) is 5.32 Å². The zero-order valence-electron chi connectivity index (χ0n) is 14.4. The Morgan fingerprint density at radius 3 is 2.61 bits per heavy atom. The predicted octanol–water partition coefficient (Wildman–Crippen LogP) is 5.35. The van der Waals surface area contributed by atoms with Crippen molar-refractivity contribution >= 4 is 22.5 Å². The summed E-state index contributed by atoms with van der Waals surface area (Å²) < 4.78 is 35.1. The maximum atomic E-state index is 13.0. The zero-order chi connectivity index (χ0) is 19.5. The largest absolute Gasteiger partial charge is 0.463 e. The Hall–Kier alpha value is -3.74. The van der Waals surface area contributed by atoms with Crippen molar-refractivity contribution in [3.63, 3.8) is 0 Å². The molecule has 0 aliphatic rings. The van der Waals surface area contributed by atoms with E-state index in [4.69, 9.17) is 4.42 Å². The van der Waals surface area contributed by atoms with Gasteiger partial charge in [-0.1, -0.05) is 30.3 Å². The van der Waals surface area contributed by atoms with Crippen LogP contribution in [0.15, 0.2) is 77.4 Å². The number of para-hydroxylation sites is 3. The molecule has 0 unspecified atom stereocenters. The van der Waals surface area contributed by atoms with Crippen LogP contribution in [0.5, 0.6) is 5.75 Å². The number of carbonyl (C=O) groups is 1. The number of hydrogen-bond donors (Lipinski definition) is 1. The molecule has 2 aromatic carbocycles. The van der Waals surface area contributed by atoms with Crippen LogP contribution in [0.4, 0.5) is 14.5 Å². The molecular weight excluding hydrogens is 366 g/mol.